The molecule has 2 aromatic heterocycles. The van der Waals surface area contributed by atoms with Crippen LogP contribution in [0.25, 0.3) is 22.4 Å². The smallest absolute Gasteiger partial charge is 0.202 e. The molecular weight excluding hydrogens is 310 g/mol. The van der Waals surface area contributed by atoms with Crippen LogP contribution < -0.4 is 4.90 Å². The quantitative estimate of drug-likeness (QED) is 0.773. The number of H-pyrrole nitrogens is 1. The molecule has 1 saturated heterocycles. The Morgan fingerprint density at radius 1 is 1.24 bits per heavy atom. The molecule has 130 valence electrons. The van der Waals surface area contributed by atoms with Crippen molar-refractivity contribution < 1.29 is 0 Å². The molecule has 25 heavy (non-hydrogen) atoms. The second kappa shape index (κ2) is 6.14. The van der Waals surface area contributed by atoms with E-state index in [4.69, 9.17) is 4.98 Å². The highest BCUT2D eigenvalue weighted by Gasteiger charge is 2.29. The molecular formula is C20H25N5. The number of rotatable bonds is 3. The number of aromatic amines is 1. The van der Waals surface area contributed by atoms with Gasteiger partial charge in [0.1, 0.15) is 11.3 Å². The summed E-state index contributed by atoms with van der Waals surface area (Å²) in [5, 5.41) is 7.52. The van der Waals surface area contributed by atoms with Gasteiger partial charge in [0, 0.05) is 18.7 Å². The predicted octanol–water partition coefficient (Wildman–Crippen LogP) is 4.34. The maximum atomic E-state index is 4.76. The summed E-state index contributed by atoms with van der Waals surface area (Å²) in [6, 6.07) is 8.36. The average molecular weight is 335 g/mol. The van der Waals surface area contributed by atoms with E-state index >= 15 is 0 Å². The van der Waals surface area contributed by atoms with Crippen LogP contribution in [-0.2, 0) is 0 Å². The van der Waals surface area contributed by atoms with Gasteiger partial charge in [0.25, 0.3) is 0 Å². The van der Waals surface area contributed by atoms with E-state index in [1.54, 1.807) is 0 Å². The van der Waals surface area contributed by atoms with Gasteiger partial charge in [0.2, 0.25) is 5.65 Å². The van der Waals surface area contributed by atoms with Crippen molar-refractivity contribution in [1.82, 2.24) is 20.2 Å². The molecule has 0 radical (unpaired) electrons. The number of benzene rings is 1. The van der Waals surface area contributed by atoms with Crippen LogP contribution in [0, 0.1) is 12.3 Å². The molecule has 1 aromatic carbocycles. The van der Waals surface area contributed by atoms with Crippen molar-refractivity contribution in [1.29, 1.82) is 0 Å². The topological polar surface area (TPSA) is 57.7 Å². The number of aromatic nitrogens is 4. The molecule has 0 aliphatic carbocycles. The Morgan fingerprint density at radius 3 is 2.76 bits per heavy atom. The number of piperidine rings is 1. The minimum absolute atomic E-state index is 0.471. The van der Waals surface area contributed by atoms with Crippen LogP contribution in [0.2, 0.25) is 0 Å². The highest BCUT2D eigenvalue weighted by molar-refractivity contribution is 5.87. The number of nitrogens with one attached hydrogen (secondary N) is 1. The summed E-state index contributed by atoms with van der Waals surface area (Å²) in [5.74, 6) is 0.938. The highest BCUT2D eigenvalue weighted by Crippen LogP contribution is 2.35. The summed E-state index contributed by atoms with van der Waals surface area (Å²) in [7, 11) is 0. The lowest BCUT2D eigenvalue weighted by molar-refractivity contribution is 0.238. The van der Waals surface area contributed by atoms with Gasteiger partial charge in [-0.15, -0.1) is 0 Å². The lowest BCUT2D eigenvalue weighted by atomic mass is 9.78. The van der Waals surface area contributed by atoms with Crippen molar-refractivity contribution >= 4 is 17.0 Å². The number of hydrogen-bond acceptors (Lipinski definition) is 4. The molecule has 4 rings (SSSR count). The van der Waals surface area contributed by atoms with Crippen LogP contribution in [0.4, 0.5) is 5.82 Å². The first-order chi connectivity index (χ1) is 12.1. The van der Waals surface area contributed by atoms with Crippen molar-refractivity contribution in [2.45, 2.75) is 40.0 Å². The van der Waals surface area contributed by atoms with Gasteiger partial charge < -0.3 is 4.90 Å². The summed E-state index contributed by atoms with van der Waals surface area (Å²) in [5.41, 5.74) is 5.26. The Morgan fingerprint density at radius 2 is 2.04 bits per heavy atom. The van der Waals surface area contributed by atoms with Crippen molar-refractivity contribution in [3.05, 3.63) is 36.0 Å². The molecule has 0 amide bonds. The molecule has 0 bridgehead atoms. The molecule has 3 heterocycles. The lowest BCUT2D eigenvalue weighted by Gasteiger charge is -2.39. The summed E-state index contributed by atoms with van der Waals surface area (Å²) < 4.78 is 0. The van der Waals surface area contributed by atoms with E-state index < -0.39 is 0 Å². The van der Waals surface area contributed by atoms with Gasteiger partial charge in [0.05, 0.1) is 11.9 Å². The zero-order valence-electron chi connectivity index (χ0n) is 15.2. The monoisotopic (exact) mass is 335 g/mol. The van der Waals surface area contributed by atoms with E-state index in [-0.39, 0.29) is 0 Å². The SMILES string of the molecule is CCC1(C)CCN(c2cnc3c(-c4cccc(C)c4)[nH]nc3n2)CC1. The zero-order chi connectivity index (χ0) is 17.4. The second-order valence-electron chi connectivity index (χ2n) is 7.52. The minimum atomic E-state index is 0.471. The fourth-order valence-corrected chi connectivity index (χ4v) is 3.57. The van der Waals surface area contributed by atoms with Crippen molar-refractivity contribution in [2.75, 3.05) is 18.0 Å². The first-order valence-electron chi connectivity index (χ1n) is 9.11. The molecule has 0 atom stereocenters. The summed E-state index contributed by atoms with van der Waals surface area (Å²) >= 11 is 0. The van der Waals surface area contributed by atoms with Crippen LogP contribution in [0.15, 0.2) is 30.5 Å². The van der Waals surface area contributed by atoms with Gasteiger partial charge in [-0.3, -0.25) is 5.10 Å². The first-order valence-corrected chi connectivity index (χ1v) is 9.11. The van der Waals surface area contributed by atoms with Crippen LogP contribution in [0.5, 0.6) is 0 Å². The Hall–Kier alpha value is -2.43. The number of anilines is 1. The Kier molecular flexibility index (Phi) is 3.94. The van der Waals surface area contributed by atoms with Crippen molar-refractivity contribution in [2.24, 2.45) is 5.41 Å². The molecule has 3 aromatic rings. The lowest BCUT2D eigenvalue weighted by Crippen LogP contribution is -2.38. The van der Waals surface area contributed by atoms with Crippen LogP contribution in [-0.4, -0.2) is 33.3 Å². The maximum Gasteiger partial charge on any atom is 0.202 e. The third kappa shape index (κ3) is 2.99. The standard InChI is InChI=1S/C20H25N5/c1-4-20(3)8-10-25(11-9-20)16-13-21-18-17(23-24-19(18)22-16)15-7-5-6-14(2)12-15/h5-7,12-13H,4,8-11H2,1-3H3,(H,22,23,24). The number of nitrogens with zero attached hydrogens (tertiary/aromatic N) is 4. The largest absolute Gasteiger partial charge is 0.355 e. The molecule has 1 aliphatic rings. The van der Waals surface area contributed by atoms with Crippen molar-refractivity contribution in [3.63, 3.8) is 0 Å². The molecule has 5 heteroatoms. The Labute approximate surface area is 148 Å². The predicted molar refractivity (Wildman–Crippen MR) is 102 cm³/mol. The first kappa shape index (κ1) is 16.1. The summed E-state index contributed by atoms with van der Waals surface area (Å²) in [4.78, 5) is 11.8. The normalized spacial score (nSPS) is 17.2. The molecule has 0 saturated carbocycles. The number of fused-ring (bicyclic) bond motifs is 1. The third-order valence-electron chi connectivity index (χ3n) is 5.71. The zero-order valence-corrected chi connectivity index (χ0v) is 15.2. The van der Waals surface area contributed by atoms with Gasteiger partial charge >= 0.3 is 0 Å². The minimum Gasteiger partial charge on any atom is -0.355 e. The fourth-order valence-electron chi connectivity index (χ4n) is 3.57. The van der Waals surface area contributed by atoms with E-state index in [1.807, 2.05) is 6.20 Å². The van der Waals surface area contributed by atoms with Gasteiger partial charge in [-0.2, -0.15) is 5.10 Å². The van der Waals surface area contributed by atoms with E-state index in [2.05, 4.69) is 65.1 Å². The number of aryl methyl sites for hydroxylation is 1. The van der Waals surface area contributed by atoms with Crippen molar-refractivity contribution in [3.8, 4) is 11.3 Å². The molecule has 1 fully saturated rings. The molecule has 5 nitrogen and oxygen atoms in total. The van der Waals surface area contributed by atoms with Crippen LogP contribution >= 0.6 is 0 Å². The Bertz CT molecular complexity index is 890. The van der Waals surface area contributed by atoms with Crippen LogP contribution in [0.1, 0.15) is 38.7 Å². The van der Waals surface area contributed by atoms with Gasteiger partial charge in [0.15, 0.2) is 0 Å². The van der Waals surface area contributed by atoms with E-state index in [0.717, 1.165) is 35.7 Å². The highest BCUT2D eigenvalue weighted by atomic mass is 15.2. The molecule has 0 unspecified atom stereocenters. The fraction of sp³-hybridized carbons (Fsp3) is 0.450. The third-order valence-corrected chi connectivity index (χ3v) is 5.71. The van der Waals surface area contributed by atoms with Gasteiger partial charge in [-0.05, 0) is 31.2 Å². The second-order valence-corrected chi connectivity index (χ2v) is 7.52. The molecule has 1 aliphatic heterocycles. The summed E-state index contributed by atoms with van der Waals surface area (Å²) in [6.45, 7) is 8.85. The summed E-state index contributed by atoms with van der Waals surface area (Å²) in [6.07, 6.45) is 5.55. The number of hydrogen-bond donors (Lipinski definition) is 1. The van der Waals surface area contributed by atoms with Gasteiger partial charge in [-0.1, -0.05) is 44.0 Å². The van der Waals surface area contributed by atoms with E-state index in [9.17, 15) is 0 Å². The van der Waals surface area contributed by atoms with Gasteiger partial charge in [-0.25, -0.2) is 9.97 Å². The maximum absolute atomic E-state index is 4.76. The molecule has 1 N–H and O–H groups in total. The Balaban J connectivity index is 1.62. The van der Waals surface area contributed by atoms with E-state index in [1.165, 1.54) is 24.8 Å². The average Bonchev–Trinajstić information content (AvgIpc) is 3.05. The van der Waals surface area contributed by atoms with E-state index in [0.29, 0.717) is 11.1 Å². The molecule has 0 spiro atoms. The van der Waals surface area contributed by atoms with Crippen LogP contribution in [0.3, 0.4) is 0 Å².